The SMILES string of the molecule is CC(C)N(Cc1cccs1)c1ccc(CO)cc1[N+](=O)[O-]. The van der Waals surface area contributed by atoms with Gasteiger partial charge in [-0.2, -0.15) is 0 Å². The molecule has 21 heavy (non-hydrogen) atoms. The molecule has 0 spiro atoms. The quantitative estimate of drug-likeness (QED) is 0.654. The molecule has 112 valence electrons. The van der Waals surface area contributed by atoms with Gasteiger partial charge in [-0.25, -0.2) is 0 Å². The average molecular weight is 306 g/mol. The molecule has 0 saturated heterocycles. The zero-order valence-corrected chi connectivity index (χ0v) is 12.8. The normalized spacial score (nSPS) is 10.9. The second-order valence-corrected chi connectivity index (χ2v) is 6.07. The lowest BCUT2D eigenvalue weighted by atomic mass is 10.1. The second kappa shape index (κ2) is 6.69. The number of nitrogens with zero attached hydrogens (tertiary/aromatic N) is 2. The molecular formula is C15H18N2O3S. The first-order chi connectivity index (χ1) is 10.0. The number of hydrogen-bond donors (Lipinski definition) is 1. The van der Waals surface area contributed by atoms with E-state index in [2.05, 4.69) is 0 Å². The largest absolute Gasteiger partial charge is 0.392 e. The number of anilines is 1. The van der Waals surface area contributed by atoms with E-state index in [1.807, 2.05) is 36.3 Å². The van der Waals surface area contributed by atoms with Gasteiger partial charge in [0.2, 0.25) is 0 Å². The Labute approximate surface area is 127 Å². The molecule has 1 heterocycles. The van der Waals surface area contributed by atoms with Crippen molar-refractivity contribution in [3.05, 3.63) is 56.3 Å². The van der Waals surface area contributed by atoms with Crippen LogP contribution in [-0.4, -0.2) is 16.1 Å². The predicted molar refractivity (Wildman–Crippen MR) is 84.7 cm³/mol. The lowest BCUT2D eigenvalue weighted by Gasteiger charge is -2.28. The first kappa shape index (κ1) is 15.5. The highest BCUT2D eigenvalue weighted by molar-refractivity contribution is 7.09. The number of nitro groups is 1. The monoisotopic (exact) mass is 306 g/mol. The molecule has 0 aliphatic carbocycles. The van der Waals surface area contributed by atoms with Crippen LogP contribution in [0.5, 0.6) is 0 Å². The van der Waals surface area contributed by atoms with E-state index in [9.17, 15) is 10.1 Å². The van der Waals surface area contributed by atoms with Gasteiger partial charge < -0.3 is 10.0 Å². The van der Waals surface area contributed by atoms with Gasteiger partial charge in [0, 0.05) is 17.0 Å². The molecule has 6 heteroatoms. The Morgan fingerprint density at radius 1 is 1.38 bits per heavy atom. The van der Waals surface area contributed by atoms with E-state index >= 15 is 0 Å². The third-order valence-electron chi connectivity index (χ3n) is 3.26. The number of thiophene rings is 1. The highest BCUT2D eigenvalue weighted by Crippen LogP contribution is 2.32. The molecule has 0 aliphatic rings. The van der Waals surface area contributed by atoms with Crippen LogP contribution in [0.25, 0.3) is 0 Å². The van der Waals surface area contributed by atoms with Crippen molar-refractivity contribution in [3.63, 3.8) is 0 Å². The molecule has 0 bridgehead atoms. The summed E-state index contributed by atoms with van der Waals surface area (Å²) in [7, 11) is 0. The van der Waals surface area contributed by atoms with Crippen molar-refractivity contribution in [1.29, 1.82) is 0 Å². The standard InChI is InChI=1S/C15H18N2O3S/c1-11(2)16(9-13-4-3-7-21-13)14-6-5-12(10-18)8-15(14)17(19)20/h3-8,11,18H,9-10H2,1-2H3. The van der Waals surface area contributed by atoms with Crippen molar-refractivity contribution >= 4 is 22.7 Å². The topological polar surface area (TPSA) is 66.6 Å². The average Bonchev–Trinajstić information content (AvgIpc) is 2.97. The molecule has 0 unspecified atom stereocenters. The van der Waals surface area contributed by atoms with E-state index in [1.165, 1.54) is 6.07 Å². The summed E-state index contributed by atoms with van der Waals surface area (Å²) >= 11 is 1.63. The smallest absolute Gasteiger partial charge is 0.292 e. The van der Waals surface area contributed by atoms with E-state index in [0.717, 1.165) is 4.88 Å². The molecule has 1 aromatic heterocycles. The summed E-state index contributed by atoms with van der Waals surface area (Å²) in [6.07, 6.45) is 0. The van der Waals surface area contributed by atoms with Crippen LogP contribution < -0.4 is 4.90 Å². The number of nitro benzene ring substituents is 1. The molecule has 1 aromatic carbocycles. The van der Waals surface area contributed by atoms with Gasteiger partial charge in [-0.1, -0.05) is 12.1 Å². The minimum Gasteiger partial charge on any atom is -0.392 e. The van der Waals surface area contributed by atoms with Gasteiger partial charge in [0.15, 0.2) is 0 Å². The first-order valence-corrected chi connectivity index (χ1v) is 7.58. The van der Waals surface area contributed by atoms with Crippen molar-refractivity contribution in [1.82, 2.24) is 0 Å². The van der Waals surface area contributed by atoms with Crippen LogP contribution in [0.15, 0.2) is 35.7 Å². The molecule has 0 radical (unpaired) electrons. The van der Waals surface area contributed by atoms with E-state index < -0.39 is 4.92 Å². The van der Waals surface area contributed by atoms with E-state index in [4.69, 9.17) is 5.11 Å². The van der Waals surface area contributed by atoms with Gasteiger partial charge in [0.1, 0.15) is 5.69 Å². The van der Waals surface area contributed by atoms with Crippen LogP contribution in [0.2, 0.25) is 0 Å². The van der Waals surface area contributed by atoms with Crippen molar-refractivity contribution in [2.45, 2.75) is 33.0 Å². The molecule has 2 rings (SSSR count). The third kappa shape index (κ3) is 3.59. The van der Waals surface area contributed by atoms with Crippen molar-refractivity contribution in [2.75, 3.05) is 4.90 Å². The molecule has 0 aliphatic heterocycles. The number of benzene rings is 1. The van der Waals surface area contributed by atoms with Gasteiger partial charge in [-0.3, -0.25) is 10.1 Å². The molecule has 1 N–H and O–H groups in total. The third-order valence-corrected chi connectivity index (χ3v) is 4.12. The summed E-state index contributed by atoms with van der Waals surface area (Å²) in [5.74, 6) is 0. The van der Waals surface area contributed by atoms with Crippen molar-refractivity contribution in [3.8, 4) is 0 Å². The molecule has 0 saturated carbocycles. The van der Waals surface area contributed by atoms with Gasteiger partial charge in [-0.15, -0.1) is 11.3 Å². The Bertz CT molecular complexity index is 611. The van der Waals surface area contributed by atoms with E-state index in [0.29, 0.717) is 17.8 Å². The molecule has 0 amide bonds. The highest BCUT2D eigenvalue weighted by atomic mass is 32.1. The number of hydrogen-bond acceptors (Lipinski definition) is 5. The summed E-state index contributed by atoms with van der Waals surface area (Å²) in [6, 6.07) is 9.02. The molecular weight excluding hydrogens is 288 g/mol. The summed E-state index contributed by atoms with van der Waals surface area (Å²) < 4.78 is 0. The van der Waals surface area contributed by atoms with Gasteiger partial charge >= 0.3 is 0 Å². The number of aliphatic hydroxyl groups excluding tert-OH is 1. The second-order valence-electron chi connectivity index (χ2n) is 5.04. The van der Waals surface area contributed by atoms with Crippen LogP contribution in [0.1, 0.15) is 24.3 Å². The zero-order chi connectivity index (χ0) is 15.4. The summed E-state index contributed by atoms with van der Waals surface area (Å²) in [6.45, 7) is 4.46. The minimum absolute atomic E-state index is 0.0341. The summed E-state index contributed by atoms with van der Waals surface area (Å²) in [5, 5.41) is 22.5. The fraction of sp³-hybridized carbons (Fsp3) is 0.333. The van der Waals surface area contributed by atoms with E-state index in [-0.39, 0.29) is 18.3 Å². The van der Waals surface area contributed by atoms with Crippen LogP contribution in [0, 0.1) is 10.1 Å². The Morgan fingerprint density at radius 2 is 2.14 bits per heavy atom. The molecule has 5 nitrogen and oxygen atoms in total. The maximum atomic E-state index is 11.3. The fourth-order valence-electron chi connectivity index (χ4n) is 2.17. The fourth-order valence-corrected chi connectivity index (χ4v) is 2.88. The predicted octanol–water partition coefficient (Wildman–Crippen LogP) is 3.56. The molecule has 0 atom stereocenters. The number of aliphatic hydroxyl groups is 1. The van der Waals surface area contributed by atoms with Crippen molar-refractivity contribution < 1.29 is 10.0 Å². The van der Waals surface area contributed by atoms with Crippen molar-refractivity contribution in [2.24, 2.45) is 0 Å². The number of rotatable bonds is 6. The zero-order valence-electron chi connectivity index (χ0n) is 12.0. The lowest BCUT2D eigenvalue weighted by molar-refractivity contribution is -0.384. The molecule has 0 fully saturated rings. The first-order valence-electron chi connectivity index (χ1n) is 6.70. The summed E-state index contributed by atoms with van der Waals surface area (Å²) in [4.78, 5) is 14.1. The van der Waals surface area contributed by atoms with Crippen LogP contribution >= 0.6 is 11.3 Å². The van der Waals surface area contributed by atoms with E-state index in [1.54, 1.807) is 23.5 Å². The van der Waals surface area contributed by atoms with Crippen LogP contribution in [-0.2, 0) is 13.2 Å². The Morgan fingerprint density at radius 3 is 2.67 bits per heavy atom. The maximum absolute atomic E-state index is 11.3. The lowest BCUT2D eigenvalue weighted by Crippen LogP contribution is -2.30. The van der Waals surface area contributed by atoms with Crippen LogP contribution in [0.4, 0.5) is 11.4 Å². The Balaban J connectivity index is 2.42. The van der Waals surface area contributed by atoms with Gasteiger partial charge in [0.05, 0.1) is 18.1 Å². The minimum atomic E-state index is -0.391. The van der Waals surface area contributed by atoms with Crippen LogP contribution in [0.3, 0.4) is 0 Å². The highest BCUT2D eigenvalue weighted by Gasteiger charge is 2.22. The summed E-state index contributed by atoms with van der Waals surface area (Å²) in [5.41, 5.74) is 1.16. The van der Waals surface area contributed by atoms with Gasteiger partial charge in [-0.05, 0) is 36.9 Å². The van der Waals surface area contributed by atoms with Gasteiger partial charge in [0.25, 0.3) is 5.69 Å². The molecule has 2 aromatic rings. The maximum Gasteiger partial charge on any atom is 0.292 e. The Hall–Kier alpha value is -1.92. The Kier molecular flexibility index (Phi) is 4.93.